The van der Waals surface area contributed by atoms with Gasteiger partial charge in [0.25, 0.3) is 11.8 Å². The summed E-state index contributed by atoms with van der Waals surface area (Å²) in [5.74, 6) is -0.647. The van der Waals surface area contributed by atoms with Gasteiger partial charge in [-0.05, 0) is 44.5 Å². The summed E-state index contributed by atoms with van der Waals surface area (Å²) in [6, 6.07) is 15.1. The Bertz CT molecular complexity index is 920. The maximum absolute atomic E-state index is 13.1. The number of rotatable bonds is 7. The number of benzene rings is 2. The average Bonchev–Trinajstić information content (AvgIpc) is 2.87. The second-order valence-corrected chi connectivity index (χ2v) is 7.85. The third-order valence-electron chi connectivity index (χ3n) is 4.37. The van der Waals surface area contributed by atoms with Crippen molar-refractivity contribution >= 4 is 39.0 Å². The molecule has 0 unspecified atom stereocenters. The SMILES string of the molecule is Cc1ccc(C2=C(Nc3cccc(Br)c3)C(=O)N(CCOC(C)C)C2=O)cc1. The zero-order valence-corrected chi connectivity index (χ0v) is 17.7. The first-order valence-electron chi connectivity index (χ1n) is 9.18. The lowest BCUT2D eigenvalue weighted by Crippen LogP contribution is -2.35. The highest BCUT2D eigenvalue weighted by Gasteiger charge is 2.39. The van der Waals surface area contributed by atoms with Crippen molar-refractivity contribution in [3.05, 3.63) is 69.8 Å². The summed E-state index contributed by atoms with van der Waals surface area (Å²) in [5, 5.41) is 3.15. The standard InChI is InChI=1S/C22H23BrN2O3/c1-14(2)28-12-11-25-21(26)19(16-9-7-15(3)8-10-16)20(22(25)27)24-18-6-4-5-17(23)13-18/h4-10,13-14,24H,11-12H2,1-3H3. The second kappa shape index (κ2) is 8.71. The largest absolute Gasteiger partial charge is 0.377 e. The Morgan fingerprint density at radius 3 is 2.43 bits per heavy atom. The van der Waals surface area contributed by atoms with Gasteiger partial charge in [0, 0.05) is 10.2 Å². The number of halogens is 1. The minimum Gasteiger partial charge on any atom is -0.377 e. The first-order valence-corrected chi connectivity index (χ1v) is 9.98. The molecule has 5 nitrogen and oxygen atoms in total. The molecular formula is C22H23BrN2O3. The van der Waals surface area contributed by atoms with E-state index < -0.39 is 0 Å². The van der Waals surface area contributed by atoms with E-state index in [9.17, 15) is 9.59 Å². The lowest BCUT2D eigenvalue weighted by atomic mass is 10.0. The lowest BCUT2D eigenvalue weighted by molar-refractivity contribution is -0.137. The second-order valence-electron chi connectivity index (χ2n) is 6.93. The van der Waals surface area contributed by atoms with Crippen LogP contribution in [0.3, 0.4) is 0 Å². The fourth-order valence-electron chi connectivity index (χ4n) is 2.97. The van der Waals surface area contributed by atoms with Gasteiger partial charge in [0.1, 0.15) is 5.70 Å². The number of aryl methyl sites for hydroxylation is 1. The number of anilines is 1. The van der Waals surface area contributed by atoms with Crippen molar-refractivity contribution in [1.82, 2.24) is 4.90 Å². The molecule has 0 saturated carbocycles. The summed E-state index contributed by atoms with van der Waals surface area (Å²) >= 11 is 3.43. The Balaban J connectivity index is 1.96. The quantitative estimate of drug-likeness (QED) is 0.646. The van der Waals surface area contributed by atoms with Crippen molar-refractivity contribution < 1.29 is 14.3 Å². The Labute approximate surface area is 173 Å². The van der Waals surface area contributed by atoms with Crippen LogP contribution in [0.1, 0.15) is 25.0 Å². The van der Waals surface area contributed by atoms with Gasteiger partial charge in [-0.1, -0.05) is 51.8 Å². The van der Waals surface area contributed by atoms with Gasteiger partial charge in [0.2, 0.25) is 0 Å². The molecule has 0 radical (unpaired) electrons. The van der Waals surface area contributed by atoms with Crippen LogP contribution >= 0.6 is 15.9 Å². The summed E-state index contributed by atoms with van der Waals surface area (Å²) in [6.07, 6.45) is 0.0385. The molecule has 2 aromatic rings. The molecule has 3 rings (SSSR count). The first-order chi connectivity index (χ1) is 13.4. The molecule has 1 aliphatic rings. The van der Waals surface area contributed by atoms with Gasteiger partial charge in [-0.3, -0.25) is 14.5 Å². The number of amides is 2. The molecule has 1 aliphatic heterocycles. The molecule has 0 spiro atoms. The molecule has 0 atom stereocenters. The number of nitrogens with one attached hydrogen (secondary N) is 1. The molecule has 0 aromatic heterocycles. The van der Waals surface area contributed by atoms with Gasteiger partial charge < -0.3 is 10.1 Å². The number of carbonyl (C=O) groups is 2. The number of imide groups is 1. The number of ether oxygens (including phenoxy) is 1. The molecule has 6 heteroatoms. The zero-order chi connectivity index (χ0) is 20.3. The van der Waals surface area contributed by atoms with E-state index in [1.807, 2.05) is 69.3 Å². The minimum absolute atomic E-state index is 0.0385. The lowest BCUT2D eigenvalue weighted by Gasteiger charge is -2.16. The number of nitrogens with zero attached hydrogens (tertiary/aromatic N) is 1. The maximum Gasteiger partial charge on any atom is 0.278 e. The molecule has 0 aliphatic carbocycles. The molecule has 2 amide bonds. The number of hydrogen-bond donors (Lipinski definition) is 1. The fourth-order valence-corrected chi connectivity index (χ4v) is 3.37. The molecule has 0 saturated heterocycles. The van der Waals surface area contributed by atoms with E-state index in [0.29, 0.717) is 17.7 Å². The predicted octanol–water partition coefficient (Wildman–Crippen LogP) is 4.37. The smallest absolute Gasteiger partial charge is 0.278 e. The highest BCUT2D eigenvalue weighted by molar-refractivity contribution is 9.10. The van der Waals surface area contributed by atoms with E-state index in [4.69, 9.17) is 4.74 Å². The van der Waals surface area contributed by atoms with Gasteiger partial charge >= 0.3 is 0 Å². The van der Waals surface area contributed by atoms with Crippen molar-refractivity contribution in [2.75, 3.05) is 18.5 Å². The van der Waals surface area contributed by atoms with Crippen LogP contribution in [-0.2, 0) is 14.3 Å². The van der Waals surface area contributed by atoms with Crippen molar-refractivity contribution in [1.29, 1.82) is 0 Å². The summed E-state index contributed by atoms with van der Waals surface area (Å²) < 4.78 is 6.42. The third kappa shape index (κ3) is 4.51. The summed E-state index contributed by atoms with van der Waals surface area (Å²) in [4.78, 5) is 27.4. The van der Waals surface area contributed by atoms with Crippen LogP contribution in [0.4, 0.5) is 5.69 Å². The summed E-state index contributed by atoms with van der Waals surface area (Å²) in [5.41, 5.74) is 3.21. The number of hydrogen-bond acceptors (Lipinski definition) is 4. The molecule has 146 valence electrons. The Morgan fingerprint density at radius 2 is 1.79 bits per heavy atom. The van der Waals surface area contributed by atoms with Crippen LogP contribution in [0.5, 0.6) is 0 Å². The summed E-state index contributed by atoms with van der Waals surface area (Å²) in [7, 11) is 0. The molecule has 0 fully saturated rings. The molecule has 28 heavy (non-hydrogen) atoms. The van der Waals surface area contributed by atoms with Crippen LogP contribution in [0.2, 0.25) is 0 Å². The van der Waals surface area contributed by atoms with Gasteiger partial charge in [-0.2, -0.15) is 0 Å². The van der Waals surface area contributed by atoms with E-state index in [1.165, 1.54) is 4.90 Å². The van der Waals surface area contributed by atoms with Crippen LogP contribution in [-0.4, -0.2) is 36.0 Å². The van der Waals surface area contributed by atoms with E-state index in [1.54, 1.807) is 0 Å². The number of carbonyl (C=O) groups excluding carboxylic acids is 2. The average molecular weight is 443 g/mol. The zero-order valence-electron chi connectivity index (χ0n) is 16.2. The summed E-state index contributed by atoms with van der Waals surface area (Å²) in [6.45, 7) is 6.35. The topological polar surface area (TPSA) is 58.6 Å². The van der Waals surface area contributed by atoms with E-state index >= 15 is 0 Å². The van der Waals surface area contributed by atoms with Crippen molar-refractivity contribution in [2.24, 2.45) is 0 Å². The fraction of sp³-hybridized carbons (Fsp3) is 0.273. The Hall–Kier alpha value is -2.44. The third-order valence-corrected chi connectivity index (χ3v) is 4.86. The monoisotopic (exact) mass is 442 g/mol. The molecule has 2 aromatic carbocycles. The van der Waals surface area contributed by atoms with Crippen LogP contribution in [0, 0.1) is 6.92 Å². The van der Waals surface area contributed by atoms with Crippen LogP contribution in [0.15, 0.2) is 58.7 Å². The first kappa shape index (κ1) is 20.3. The van der Waals surface area contributed by atoms with E-state index in [-0.39, 0.29) is 30.2 Å². The van der Waals surface area contributed by atoms with Crippen molar-refractivity contribution in [2.45, 2.75) is 26.9 Å². The molecule has 1 heterocycles. The van der Waals surface area contributed by atoms with Crippen LogP contribution < -0.4 is 5.32 Å². The maximum atomic E-state index is 13.1. The highest BCUT2D eigenvalue weighted by Crippen LogP contribution is 2.31. The molecular weight excluding hydrogens is 420 g/mol. The molecule has 0 bridgehead atoms. The van der Waals surface area contributed by atoms with Gasteiger partial charge in [0.05, 0.1) is 24.8 Å². The predicted molar refractivity (Wildman–Crippen MR) is 114 cm³/mol. The van der Waals surface area contributed by atoms with Gasteiger partial charge in [-0.25, -0.2) is 0 Å². The van der Waals surface area contributed by atoms with Crippen molar-refractivity contribution in [3.8, 4) is 0 Å². The van der Waals surface area contributed by atoms with Gasteiger partial charge in [0.15, 0.2) is 0 Å². The van der Waals surface area contributed by atoms with E-state index in [0.717, 1.165) is 15.7 Å². The highest BCUT2D eigenvalue weighted by atomic mass is 79.9. The van der Waals surface area contributed by atoms with Crippen molar-refractivity contribution in [3.63, 3.8) is 0 Å². The van der Waals surface area contributed by atoms with E-state index in [2.05, 4.69) is 21.2 Å². The normalized spacial score (nSPS) is 14.4. The van der Waals surface area contributed by atoms with Gasteiger partial charge in [-0.15, -0.1) is 0 Å². The Kier molecular flexibility index (Phi) is 6.31. The Morgan fingerprint density at radius 1 is 1.07 bits per heavy atom. The minimum atomic E-state index is -0.340. The molecule has 1 N–H and O–H groups in total. The van der Waals surface area contributed by atoms with Crippen LogP contribution in [0.25, 0.3) is 5.57 Å².